The molecule has 0 aromatic heterocycles. The van der Waals surface area contributed by atoms with Gasteiger partial charge in [0, 0.05) is 12.6 Å². The Morgan fingerprint density at radius 3 is 2.62 bits per heavy atom. The second-order valence-corrected chi connectivity index (χ2v) is 5.87. The van der Waals surface area contributed by atoms with E-state index >= 15 is 0 Å². The fourth-order valence-electron chi connectivity index (χ4n) is 2.38. The van der Waals surface area contributed by atoms with Crippen molar-refractivity contribution in [3.05, 3.63) is 0 Å². The first-order valence-corrected chi connectivity index (χ1v) is 6.43. The van der Waals surface area contributed by atoms with Gasteiger partial charge in [-0.25, -0.2) is 0 Å². The minimum Gasteiger partial charge on any atom is -0.395 e. The Labute approximate surface area is 99.8 Å². The summed E-state index contributed by atoms with van der Waals surface area (Å²) in [7, 11) is 0. The summed E-state index contributed by atoms with van der Waals surface area (Å²) in [6.45, 7) is 11.5. The van der Waals surface area contributed by atoms with Crippen LogP contribution in [0.2, 0.25) is 0 Å². The highest BCUT2D eigenvalue weighted by molar-refractivity contribution is 4.81. The highest BCUT2D eigenvalue weighted by atomic mass is 16.5. The molecule has 1 aliphatic rings. The van der Waals surface area contributed by atoms with Gasteiger partial charge in [0.15, 0.2) is 0 Å². The molecule has 1 N–H and O–H groups in total. The van der Waals surface area contributed by atoms with Crippen LogP contribution in [0.4, 0.5) is 0 Å². The van der Waals surface area contributed by atoms with Gasteiger partial charge in [-0.05, 0) is 46.1 Å². The van der Waals surface area contributed by atoms with Gasteiger partial charge in [0.25, 0.3) is 0 Å². The predicted molar refractivity (Wildman–Crippen MR) is 66.5 cm³/mol. The summed E-state index contributed by atoms with van der Waals surface area (Å²) >= 11 is 0. The minimum atomic E-state index is -0.0594. The van der Waals surface area contributed by atoms with Crippen molar-refractivity contribution in [2.75, 3.05) is 26.3 Å². The Morgan fingerprint density at radius 1 is 1.38 bits per heavy atom. The number of likely N-dealkylation sites (tertiary alicyclic amines) is 1. The molecule has 96 valence electrons. The van der Waals surface area contributed by atoms with E-state index in [0.717, 1.165) is 19.7 Å². The molecule has 0 aromatic carbocycles. The standard InChI is InChI=1S/C13H27NO2/c1-11-6-5-7-14(12(11)10-15)8-9-16-13(2,3)4/h11-12,15H,5-10H2,1-4H3/t11-,12+/m1/s1. The zero-order valence-corrected chi connectivity index (χ0v) is 11.2. The molecule has 1 heterocycles. The molecule has 1 aliphatic heterocycles. The van der Waals surface area contributed by atoms with Gasteiger partial charge in [-0.2, -0.15) is 0 Å². The Morgan fingerprint density at radius 2 is 2.06 bits per heavy atom. The molecule has 2 atom stereocenters. The van der Waals surface area contributed by atoms with Crippen LogP contribution in [0.1, 0.15) is 40.5 Å². The highest BCUT2D eigenvalue weighted by Crippen LogP contribution is 2.22. The lowest BCUT2D eigenvalue weighted by Crippen LogP contribution is -2.48. The van der Waals surface area contributed by atoms with Crippen molar-refractivity contribution in [1.82, 2.24) is 4.90 Å². The molecule has 0 spiro atoms. The summed E-state index contributed by atoms with van der Waals surface area (Å²) < 4.78 is 5.74. The summed E-state index contributed by atoms with van der Waals surface area (Å²) in [4.78, 5) is 2.37. The lowest BCUT2D eigenvalue weighted by atomic mass is 9.91. The largest absolute Gasteiger partial charge is 0.395 e. The average molecular weight is 229 g/mol. The fourth-order valence-corrected chi connectivity index (χ4v) is 2.38. The van der Waals surface area contributed by atoms with Crippen LogP contribution in [0.15, 0.2) is 0 Å². The second kappa shape index (κ2) is 5.99. The molecule has 0 radical (unpaired) electrons. The predicted octanol–water partition coefficient (Wildman–Crippen LogP) is 1.89. The van der Waals surface area contributed by atoms with Crippen molar-refractivity contribution in [3.63, 3.8) is 0 Å². The van der Waals surface area contributed by atoms with E-state index in [1.807, 2.05) is 0 Å². The molecule has 1 fully saturated rings. The van der Waals surface area contributed by atoms with Crippen LogP contribution < -0.4 is 0 Å². The van der Waals surface area contributed by atoms with Crippen molar-refractivity contribution in [2.45, 2.75) is 52.2 Å². The zero-order chi connectivity index (χ0) is 12.2. The van der Waals surface area contributed by atoms with Gasteiger partial charge in [0.05, 0.1) is 18.8 Å². The maximum Gasteiger partial charge on any atom is 0.0600 e. The topological polar surface area (TPSA) is 32.7 Å². The molecule has 1 rings (SSSR count). The minimum absolute atomic E-state index is 0.0594. The molecule has 0 aromatic rings. The molecule has 1 saturated heterocycles. The van der Waals surface area contributed by atoms with Crippen molar-refractivity contribution in [1.29, 1.82) is 0 Å². The Kier molecular flexibility index (Phi) is 5.22. The zero-order valence-electron chi connectivity index (χ0n) is 11.2. The van der Waals surface area contributed by atoms with Crippen LogP contribution in [0, 0.1) is 5.92 Å². The maximum absolute atomic E-state index is 9.41. The molecule has 0 saturated carbocycles. The molecule has 0 amide bonds. The third kappa shape index (κ3) is 4.40. The quantitative estimate of drug-likeness (QED) is 0.799. The maximum atomic E-state index is 9.41. The van der Waals surface area contributed by atoms with Gasteiger partial charge in [0.1, 0.15) is 0 Å². The highest BCUT2D eigenvalue weighted by Gasteiger charge is 2.27. The Balaban J connectivity index is 2.34. The van der Waals surface area contributed by atoms with Crippen LogP contribution >= 0.6 is 0 Å². The van der Waals surface area contributed by atoms with Gasteiger partial charge in [-0.15, -0.1) is 0 Å². The SMILES string of the molecule is C[C@@H]1CCCN(CCOC(C)(C)C)[C@H]1CO. The number of nitrogens with zero attached hydrogens (tertiary/aromatic N) is 1. The van der Waals surface area contributed by atoms with Crippen LogP contribution in [0.25, 0.3) is 0 Å². The third-order valence-electron chi connectivity index (χ3n) is 3.33. The first-order valence-electron chi connectivity index (χ1n) is 6.43. The van der Waals surface area contributed by atoms with Gasteiger partial charge in [-0.1, -0.05) is 6.92 Å². The first kappa shape index (κ1) is 13.9. The number of aliphatic hydroxyl groups is 1. The van der Waals surface area contributed by atoms with Gasteiger partial charge in [-0.3, -0.25) is 4.90 Å². The molecule has 0 aliphatic carbocycles. The van der Waals surface area contributed by atoms with Gasteiger partial charge in [0.2, 0.25) is 0 Å². The van der Waals surface area contributed by atoms with E-state index in [-0.39, 0.29) is 12.2 Å². The van der Waals surface area contributed by atoms with Crippen molar-refractivity contribution in [2.24, 2.45) is 5.92 Å². The van der Waals surface area contributed by atoms with E-state index < -0.39 is 0 Å². The first-order chi connectivity index (χ1) is 7.44. The number of aliphatic hydroxyl groups excluding tert-OH is 1. The van der Waals surface area contributed by atoms with Crippen LogP contribution in [0.3, 0.4) is 0 Å². The van der Waals surface area contributed by atoms with E-state index in [9.17, 15) is 5.11 Å². The van der Waals surface area contributed by atoms with Crippen molar-refractivity contribution >= 4 is 0 Å². The monoisotopic (exact) mass is 229 g/mol. The number of rotatable bonds is 4. The molecule has 16 heavy (non-hydrogen) atoms. The number of hydrogen-bond donors (Lipinski definition) is 1. The normalized spacial score (nSPS) is 28.3. The lowest BCUT2D eigenvalue weighted by Gasteiger charge is -2.39. The Hall–Kier alpha value is -0.120. The number of hydrogen-bond acceptors (Lipinski definition) is 3. The van der Waals surface area contributed by atoms with E-state index in [4.69, 9.17) is 4.74 Å². The third-order valence-corrected chi connectivity index (χ3v) is 3.33. The average Bonchev–Trinajstić information content (AvgIpc) is 2.16. The smallest absolute Gasteiger partial charge is 0.0600 e. The molecule has 0 bridgehead atoms. The molecule has 3 heteroatoms. The molecule has 3 nitrogen and oxygen atoms in total. The van der Waals surface area contributed by atoms with E-state index in [0.29, 0.717) is 12.0 Å². The van der Waals surface area contributed by atoms with Crippen molar-refractivity contribution in [3.8, 4) is 0 Å². The van der Waals surface area contributed by atoms with E-state index in [2.05, 4.69) is 32.6 Å². The molecular weight excluding hydrogens is 202 g/mol. The van der Waals surface area contributed by atoms with Crippen LogP contribution in [-0.4, -0.2) is 48.0 Å². The summed E-state index contributed by atoms with van der Waals surface area (Å²) in [5.41, 5.74) is -0.0594. The van der Waals surface area contributed by atoms with E-state index in [1.165, 1.54) is 12.8 Å². The fraction of sp³-hybridized carbons (Fsp3) is 1.00. The molecule has 0 unspecified atom stereocenters. The summed E-state index contributed by atoms with van der Waals surface area (Å²) in [5, 5.41) is 9.41. The van der Waals surface area contributed by atoms with Crippen molar-refractivity contribution < 1.29 is 9.84 Å². The van der Waals surface area contributed by atoms with Crippen LogP contribution in [0.5, 0.6) is 0 Å². The summed E-state index contributed by atoms with van der Waals surface area (Å²) in [5.74, 6) is 0.605. The number of ether oxygens (including phenoxy) is 1. The second-order valence-electron chi connectivity index (χ2n) is 5.87. The lowest BCUT2D eigenvalue weighted by molar-refractivity contribution is -0.0316. The molecular formula is C13H27NO2. The van der Waals surface area contributed by atoms with E-state index in [1.54, 1.807) is 0 Å². The summed E-state index contributed by atoms with van der Waals surface area (Å²) in [6.07, 6.45) is 2.48. The van der Waals surface area contributed by atoms with Gasteiger partial charge >= 0.3 is 0 Å². The van der Waals surface area contributed by atoms with Crippen LogP contribution in [-0.2, 0) is 4.74 Å². The summed E-state index contributed by atoms with van der Waals surface area (Å²) in [6, 6.07) is 0.331. The Bertz CT molecular complexity index is 201. The number of piperidine rings is 1. The van der Waals surface area contributed by atoms with Gasteiger partial charge < -0.3 is 9.84 Å².